The van der Waals surface area contributed by atoms with Crippen LogP contribution in [0.25, 0.3) is 0 Å². The summed E-state index contributed by atoms with van der Waals surface area (Å²) in [5, 5.41) is 2.45. The zero-order valence-corrected chi connectivity index (χ0v) is 10.3. The molecule has 6 heteroatoms. The first-order valence-electron chi connectivity index (χ1n) is 5.40. The summed E-state index contributed by atoms with van der Waals surface area (Å²) in [6.45, 7) is 1.85. The van der Waals surface area contributed by atoms with Crippen LogP contribution in [-0.2, 0) is 9.53 Å². The summed E-state index contributed by atoms with van der Waals surface area (Å²) in [7, 11) is 1.25. The van der Waals surface area contributed by atoms with Gasteiger partial charge >= 0.3 is 6.09 Å². The van der Waals surface area contributed by atoms with Crippen molar-refractivity contribution in [1.82, 2.24) is 5.32 Å². The Morgan fingerprint density at radius 1 is 1.44 bits per heavy atom. The SMILES string of the molecule is COC(=O)NCCN(C(C)=O)c1cccc(F)c1. The Hall–Kier alpha value is -2.11. The van der Waals surface area contributed by atoms with Crippen molar-refractivity contribution in [3.63, 3.8) is 0 Å². The molecule has 5 nitrogen and oxygen atoms in total. The fourth-order valence-corrected chi connectivity index (χ4v) is 1.45. The maximum Gasteiger partial charge on any atom is 0.406 e. The van der Waals surface area contributed by atoms with Crippen LogP contribution in [0.3, 0.4) is 0 Å². The Bertz CT molecular complexity index is 437. The Labute approximate surface area is 105 Å². The number of nitrogens with one attached hydrogen (secondary N) is 1. The van der Waals surface area contributed by atoms with Gasteiger partial charge in [0, 0.05) is 25.7 Å². The molecule has 1 aromatic carbocycles. The van der Waals surface area contributed by atoms with E-state index >= 15 is 0 Å². The number of carbonyl (C=O) groups is 2. The minimum atomic E-state index is -0.572. The average Bonchev–Trinajstić information content (AvgIpc) is 2.33. The van der Waals surface area contributed by atoms with Crippen LogP contribution in [0.5, 0.6) is 0 Å². The molecular weight excluding hydrogens is 239 g/mol. The van der Waals surface area contributed by atoms with Crippen LogP contribution < -0.4 is 10.2 Å². The minimum Gasteiger partial charge on any atom is -0.453 e. The number of amides is 2. The van der Waals surface area contributed by atoms with E-state index in [-0.39, 0.29) is 19.0 Å². The van der Waals surface area contributed by atoms with E-state index in [1.54, 1.807) is 6.07 Å². The summed E-state index contributed by atoms with van der Waals surface area (Å²) in [6, 6.07) is 5.71. The smallest absolute Gasteiger partial charge is 0.406 e. The minimum absolute atomic E-state index is 0.225. The molecule has 18 heavy (non-hydrogen) atoms. The van der Waals surface area contributed by atoms with E-state index in [1.165, 1.54) is 37.1 Å². The molecule has 0 unspecified atom stereocenters. The van der Waals surface area contributed by atoms with Crippen LogP contribution in [0.4, 0.5) is 14.9 Å². The molecule has 1 rings (SSSR count). The van der Waals surface area contributed by atoms with Crippen molar-refractivity contribution >= 4 is 17.7 Å². The first-order valence-corrected chi connectivity index (χ1v) is 5.40. The summed E-state index contributed by atoms with van der Waals surface area (Å²) >= 11 is 0. The van der Waals surface area contributed by atoms with Crippen LogP contribution in [0, 0.1) is 5.82 Å². The second-order valence-electron chi connectivity index (χ2n) is 3.57. The lowest BCUT2D eigenvalue weighted by atomic mass is 10.2. The van der Waals surface area contributed by atoms with Crippen LogP contribution in [-0.4, -0.2) is 32.2 Å². The van der Waals surface area contributed by atoms with Gasteiger partial charge in [0.05, 0.1) is 7.11 Å². The van der Waals surface area contributed by atoms with Crippen molar-refractivity contribution < 1.29 is 18.7 Å². The second-order valence-corrected chi connectivity index (χ2v) is 3.57. The lowest BCUT2D eigenvalue weighted by Gasteiger charge is -2.21. The summed E-state index contributed by atoms with van der Waals surface area (Å²) in [6.07, 6.45) is -0.572. The number of anilines is 1. The van der Waals surface area contributed by atoms with Crippen LogP contribution >= 0.6 is 0 Å². The second kappa shape index (κ2) is 6.58. The largest absolute Gasteiger partial charge is 0.453 e. The van der Waals surface area contributed by atoms with Crippen molar-refractivity contribution in [2.24, 2.45) is 0 Å². The highest BCUT2D eigenvalue weighted by atomic mass is 19.1. The highest BCUT2D eigenvalue weighted by Gasteiger charge is 2.12. The van der Waals surface area contributed by atoms with E-state index < -0.39 is 11.9 Å². The van der Waals surface area contributed by atoms with Crippen molar-refractivity contribution in [1.29, 1.82) is 0 Å². The molecular formula is C12H15FN2O3. The van der Waals surface area contributed by atoms with Crippen molar-refractivity contribution in [2.75, 3.05) is 25.1 Å². The molecule has 0 aliphatic heterocycles. The molecule has 1 N–H and O–H groups in total. The number of ether oxygens (including phenoxy) is 1. The average molecular weight is 254 g/mol. The lowest BCUT2D eigenvalue weighted by molar-refractivity contribution is -0.116. The molecule has 0 saturated heterocycles. The maximum atomic E-state index is 13.1. The Morgan fingerprint density at radius 2 is 2.17 bits per heavy atom. The van der Waals surface area contributed by atoms with Gasteiger partial charge in [0.25, 0.3) is 0 Å². The van der Waals surface area contributed by atoms with Gasteiger partial charge in [-0.2, -0.15) is 0 Å². The number of rotatable bonds is 4. The number of benzene rings is 1. The van der Waals surface area contributed by atoms with E-state index in [9.17, 15) is 14.0 Å². The monoisotopic (exact) mass is 254 g/mol. The molecule has 0 saturated carbocycles. The summed E-state index contributed by atoms with van der Waals surface area (Å²) in [4.78, 5) is 23.7. The summed E-state index contributed by atoms with van der Waals surface area (Å²) in [5.41, 5.74) is 0.453. The molecule has 0 bridgehead atoms. The normalized spacial score (nSPS) is 9.72. The predicted octanol–water partition coefficient (Wildman–Crippen LogP) is 1.53. The zero-order valence-electron chi connectivity index (χ0n) is 10.3. The molecule has 0 aromatic heterocycles. The van der Waals surface area contributed by atoms with Crippen LogP contribution in [0.2, 0.25) is 0 Å². The van der Waals surface area contributed by atoms with Crippen LogP contribution in [0.1, 0.15) is 6.92 Å². The molecule has 1 aromatic rings. The molecule has 0 radical (unpaired) electrons. The third-order valence-electron chi connectivity index (χ3n) is 2.29. The molecule has 0 spiro atoms. The molecule has 0 fully saturated rings. The van der Waals surface area contributed by atoms with E-state index in [4.69, 9.17) is 0 Å². The van der Waals surface area contributed by atoms with Crippen molar-refractivity contribution in [3.8, 4) is 0 Å². The lowest BCUT2D eigenvalue weighted by Crippen LogP contribution is -2.37. The van der Waals surface area contributed by atoms with Crippen LogP contribution in [0.15, 0.2) is 24.3 Å². The van der Waals surface area contributed by atoms with Crippen molar-refractivity contribution in [2.45, 2.75) is 6.92 Å². The highest BCUT2D eigenvalue weighted by molar-refractivity contribution is 5.91. The Kier molecular flexibility index (Phi) is 5.10. The number of hydrogen-bond donors (Lipinski definition) is 1. The van der Waals surface area contributed by atoms with Gasteiger partial charge in [-0.15, -0.1) is 0 Å². The van der Waals surface area contributed by atoms with Gasteiger partial charge < -0.3 is 15.0 Å². The highest BCUT2D eigenvalue weighted by Crippen LogP contribution is 2.15. The van der Waals surface area contributed by atoms with E-state index in [2.05, 4.69) is 10.1 Å². The van der Waals surface area contributed by atoms with E-state index in [1.807, 2.05) is 0 Å². The number of nitrogens with zero attached hydrogens (tertiary/aromatic N) is 1. The number of halogens is 1. The molecule has 0 aliphatic carbocycles. The third kappa shape index (κ3) is 4.04. The van der Waals surface area contributed by atoms with Gasteiger partial charge in [-0.1, -0.05) is 6.07 Å². The quantitative estimate of drug-likeness (QED) is 0.886. The Morgan fingerprint density at radius 3 is 2.72 bits per heavy atom. The topological polar surface area (TPSA) is 58.6 Å². The van der Waals surface area contributed by atoms with E-state index in [0.29, 0.717) is 5.69 Å². The number of alkyl carbamates (subject to hydrolysis) is 1. The summed E-state index contributed by atoms with van der Waals surface area (Å²) in [5.74, 6) is -0.646. The Balaban J connectivity index is 2.66. The third-order valence-corrected chi connectivity index (χ3v) is 2.29. The first kappa shape index (κ1) is 14.0. The molecule has 98 valence electrons. The van der Waals surface area contributed by atoms with Gasteiger partial charge in [0.1, 0.15) is 5.82 Å². The fourth-order valence-electron chi connectivity index (χ4n) is 1.45. The fraction of sp³-hybridized carbons (Fsp3) is 0.333. The predicted molar refractivity (Wildman–Crippen MR) is 64.8 cm³/mol. The van der Waals surface area contributed by atoms with Gasteiger partial charge in [0.15, 0.2) is 0 Å². The number of methoxy groups -OCH3 is 1. The van der Waals surface area contributed by atoms with E-state index in [0.717, 1.165) is 0 Å². The molecule has 0 atom stereocenters. The first-order chi connectivity index (χ1) is 8.54. The van der Waals surface area contributed by atoms with Gasteiger partial charge in [-0.3, -0.25) is 4.79 Å². The standard InChI is InChI=1S/C12H15FN2O3/c1-9(16)15(7-6-14-12(17)18-2)11-5-3-4-10(13)8-11/h3-5,8H,6-7H2,1-2H3,(H,14,17). The molecule has 0 heterocycles. The summed E-state index contributed by atoms with van der Waals surface area (Å²) < 4.78 is 17.5. The zero-order chi connectivity index (χ0) is 13.5. The number of hydrogen-bond acceptors (Lipinski definition) is 3. The maximum absolute atomic E-state index is 13.1. The molecule has 0 aliphatic rings. The number of carbonyl (C=O) groups excluding carboxylic acids is 2. The van der Waals surface area contributed by atoms with Gasteiger partial charge in [-0.05, 0) is 18.2 Å². The van der Waals surface area contributed by atoms with Crippen molar-refractivity contribution in [3.05, 3.63) is 30.1 Å². The van der Waals surface area contributed by atoms with Gasteiger partial charge in [0.2, 0.25) is 5.91 Å². The van der Waals surface area contributed by atoms with Gasteiger partial charge in [-0.25, -0.2) is 9.18 Å². The molecule has 2 amide bonds.